The van der Waals surface area contributed by atoms with E-state index in [1.807, 2.05) is 0 Å². The van der Waals surface area contributed by atoms with E-state index in [4.69, 9.17) is 5.11 Å². The minimum Gasteiger partial charge on any atom is -0.480 e. The van der Waals surface area contributed by atoms with Gasteiger partial charge in [0.15, 0.2) is 0 Å². The Morgan fingerprint density at radius 1 is 1.53 bits per heavy atom. The molecule has 0 unspecified atom stereocenters. The molecule has 2 N–H and O–H groups in total. The molecule has 1 aliphatic carbocycles. The molecule has 3 heteroatoms. The van der Waals surface area contributed by atoms with Gasteiger partial charge in [0.1, 0.15) is 0 Å². The number of hydrogen-bond acceptors (Lipinski definition) is 2. The van der Waals surface area contributed by atoms with Crippen LogP contribution in [0.2, 0.25) is 0 Å². The zero-order chi connectivity index (χ0) is 11.3. The highest BCUT2D eigenvalue weighted by Gasteiger charge is 2.16. The van der Waals surface area contributed by atoms with Crippen LogP contribution in [0.15, 0.2) is 23.8 Å². The van der Waals surface area contributed by atoms with Gasteiger partial charge >= 0.3 is 5.97 Å². The van der Waals surface area contributed by atoms with Crippen molar-refractivity contribution in [3.8, 4) is 0 Å². The van der Waals surface area contributed by atoms with Gasteiger partial charge in [-0.2, -0.15) is 0 Å². The Bertz CT molecular complexity index is 290. The van der Waals surface area contributed by atoms with Crippen LogP contribution in [0.1, 0.15) is 26.7 Å². The molecule has 0 bridgehead atoms. The quantitative estimate of drug-likeness (QED) is 0.744. The Labute approximate surface area is 90.9 Å². The van der Waals surface area contributed by atoms with E-state index in [0.29, 0.717) is 12.0 Å². The Morgan fingerprint density at radius 2 is 2.27 bits per heavy atom. The van der Waals surface area contributed by atoms with Crippen LogP contribution >= 0.6 is 0 Å². The number of rotatable bonds is 4. The highest BCUT2D eigenvalue weighted by molar-refractivity contribution is 5.69. The molecule has 0 saturated heterocycles. The first kappa shape index (κ1) is 12.0. The molecule has 15 heavy (non-hydrogen) atoms. The van der Waals surface area contributed by atoms with Crippen LogP contribution in [0.25, 0.3) is 0 Å². The third-order valence-electron chi connectivity index (χ3n) is 2.52. The molecule has 0 atom stereocenters. The second kappa shape index (κ2) is 5.12. The number of carboxylic acids is 1. The normalized spacial score (nSPS) is 19.5. The van der Waals surface area contributed by atoms with Crippen molar-refractivity contribution < 1.29 is 9.90 Å². The van der Waals surface area contributed by atoms with Gasteiger partial charge in [-0.1, -0.05) is 32.1 Å². The van der Waals surface area contributed by atoms with Crippen LogP contribution in [0.4, 0.5) is 0 Å². The van der Waals surface area contributed by atoms with Crippen molar-refractivity contribution in [3.63, 3.8) is 0 Å². The smallest absolute Gasteiger partial charge is 0.317 e. The van der Waals surface area contributed by atoms with Gasteiger partial charge in [0.2, 0.25) is 0 Å². The van der Waals surface area contributed by atoms with Crippen LogP contribution in [0.5, 0.6) is 0 Å². The first-order valence-corrected chi connectivity index (χ1v) is 5.28. The van der Waals surface area contributed by atoms with Crippen molar-refractivity contribution in [2.75, 3.05) is 13.1 Å². The van der Waals surface area contributed by atoms with Crippen LogP contribution in [0, 0.1) is 5.41 Å². The lowest BCUT2D eigenvalue weighted by atomic mass is 9.86. The molecular weight excluding hydrogens is 190 g/mol. The van der Waals surface area contributed by atoms with Crippen LogP contribution in [-0.4, -0.2) is 24.2 Å². The minimum absolute atomic E-state index is 0.0224. The third kappa shape index (κ3) is 4.79. The first-order valence-electron chi connectivity index (χ1n) is 5.28. The molecule has 0 aromatic carbocycles. The molecule has 0 radical (unpaired) electrons. The number of aliphatic carboxylic acids is 1. The maximum absolute atomic E-state index is 10.3. The molecule has 0 fully saturated rings. The van der Waals surface area contributed by atoms with Gasteiger partial charge in [-0.25, -0.2) is 0 Å². The summed E-state index contributed by atoms with van der Waals surface area (Å²) in [6.07, 6.45) is 8.57. The molecular formula is C12H19NO2. The average Bonchev–Trinajstić information content (AvgIpc) is 2.27. The Balaban J connectivity index is 2.42. The average molecular weight is 209 g/mol. The standard InChI is InChI=1S/C12H19NO2/c1-12(2)6-3-4-10(5-7-12)8-13-9-11(14)15/h3-5,13H,6-9H2,1-2H3,(H,14,15). The highest BCUT2D eigenvalue weighted by Crippen LogP contribution is 2.29. The molecule has 0 aromatic rings. The molecule has 0 saturated carbocycles. The van der Waals surface area contributed by atoms with Gasteiger partial charge in [0, 0.05) is 6.54 Å². The number of allylic oxidation sites excluding steroid dienone is 2. The molecule has 0 amide bonds. The van der Waals surface area contributed by atoms with Gasteiger partial charge < -0.3 is 10.4 Å². The van der Waals surface area contributed by atoms with Crippen molar-refractivity contribution in [2.45, 2.75) is 26.7 Å². The molecule has 0 spiro atoms. The molecule has 3 nitrogen and oxygen atoms in total. The summed E-state index contributed by atoms with van der Waals surface area (Å²) in [7, 11) is 0. The van der Waals surface area contributed by atoms with E-state index in [-0.39, 0.29) is 6.54 Å². The maximum atomic E-state index is 10.3. The molecule has 0 heterocycles. The minimum atomic E-state index is -0.812. The van der Waals surface area contributed by atoms with Gasteiger partial charge in [-0.15, -0.1) is 0 Å². The summed E-state index contributed by atoms with van der Waals surface area (Å²) >= 11 is 0. The van der Waals surface area contributed by atoms with Crippen molar-refractivity contribution in [1.82, 2.24) is 5.32 Å². The van der Waals surface area contributed by atoms with Crippen molar-refractivity contribution in [3.05, 3.63) is 23.8 Å². The monoisotopic (exact) mass is 209 g/mol. The number of carbonyl (C=O) groups is 1. The largest absolute Gasteiger partial charge is 0.480 e. The fourth-order valence-electron chi connectivity index (χ4n) is 1.53. The topological polar surface area (TPSA) is 49.3 Å². The summed E-state index contributed by atoms with van der Waals surface area (Å²) in [4.78, 5) is 10.3. The second-order valence-corrected chi connectivity index (χ2v) is 4.75. The van der Waals surface area contributed by atoms with Gasteiger partial charge in [-0.3, -0.25) is 4.79 Å². The van der Waals surface area contributed by atoms with E-state index >= 15 is 0 Å². The molecule has 1 aliphatic rings. The lowest BCUT2D eigenvalue weighted by molar-refractivity contribution is -0.135. The third-order valence-corrected chi connectivity index (χ3v) is 2.52. The predicted molar refractivity (Wildman–Crippen MR) is 60.7 cm³/mol. The van der Waals surface area contributed by atoms with E-state index in [1.165, 1.54) is 5.57 Å². The SMILES string of the molecule is CC1(C)CC=CC(CNCC(=O)O)=CC1. The Morgan fingerprint density at radius 3 is 2.93 bits per heavy atom. The van der Waals surface area contributed by atoms with E-state index in [2.05, 4.69) is 37.4 Å². The zero-order valence-electron chi connectivity index (χ0n) is 9.42. The Kier molecular flexibility index (Phi) is 4.09. The number of carboxylic acid groups (broad SMARTS) is 1. The summed E-state index contributed by atoms with van der Waals surface area (Å²) in [5, 5.41) is 11.4. The summed E-state index contributed by atoms with van der Waals surface area (Å²) < 4.78 is 0. The van der Waals surface area contributed by atoms with Crippen molar-refractivity contribution >= 4 is 5.97 Å². The van der Waals surface area contributed by atoms with Gasteiger partial charge in [-0.05, 0) is 23.8 Å². The van der Waals surface area contributed by atoms with Crippen molar-refractivity contribution in [1.29, 1.82) is 0 Å². The fraction of sp³-hybridized carbons (Fsp3) is 0.583. The van der Waals surface area contributed by atoms with E-state index in [9.17, 15) is 4.79 Å². The molecule has 84 valence electrons. The molecule has 1 rings (SSSR count). The van der Waals surface area contributed by atoms with Crippen molar-refractivity contribution in [2.24, 2.45) is 5.41 Å². The molecule has 0 aliphatic heterocycles. The highest BCUT2D eigenvalue weighted by atomic mass is 16.4. The lowest BCUT2D eigenvalue weighted by Crippen LogP contribution is -2.24. The number of nitrogens with one attached hydrogen (secondary N) is 1. The lowest BCUT2D eigenvalue weighted by Gasteiger charge is -2.19. The fourth-order valence-corrected chi connectivity index (χ4v) is 1.53. The first-order chi connectivity index (χ1) is 6.99. The van der Waals surface area contributed by atoms with Gasteiger partial charge in [0.05, 0.1) is 6.54 Å². The van der Waals surface area contributed by atoms with E-state index < -0.39 is 5.97 Å². The van der Waals surface area contributed by atoms with E-state index in [0.717, 1.165) is 12.8 Å². The summed E-state index contributed by atoms with van der Waals surface area (Å²) in [5.41, 5.74) is 1.51. The number of hydrogen-bond donors (Lipinski definition) is 2. The summed E-state index contributed by atoms with van der Waals surface area (Å²) in [6, 6.07) is 0. The second-order valence-electron chi connectivity index (χ2n) is 4.75. The Hall–Kier alpha value is -1.09. The molecule has 0 aromatic heterocycles. The summed E-state index contributed by atoms with van der Waals surface area (Å²) in [5.74, 6) is -0.812. The zero-order valence-corrected chi connectivity index (χ0v) is 9.42. The summed E-state index contributed by atoms with van der Waals surface area (Å²) in [6.45, 7) is 5.14. The van der Waals surface area contributed by atoms with Crippen LogP contribution in [0.3, 0.4) is 0 Å². The maximum Gasteiger partial charge on any atom is 0.317 e. The van der Waals surface area contributed by atoms with Gasteiger partial charge in [0.25, 0.3) is 0 Å². The predicted octanol–water partition coefficient (Wildman–Crippen LogP) is 1.96. The van der Waals surface area contributed by atoms with Crippen LogP contribution < -0.4 is 5.32 Å². The van der Waals surface area contributed by atoms with Crippen LogP contribution in [-0.2, 0) is 4.79 Å². The van der Waals surface area contributed by atoms with E-state index in [1.54, 1.807) is 0 Å².